The monoisotopic (exact) mass is 229 g/mol. The first-order valence-electron chi connectivity index (χ1n) is 6.00. The van der Waals surface area contributed by atoms with E-state index in [-0.39, 0.29) is 18.3 Å². The normalized spacial score (nSPS) is 9.94. The minimum Gasteiger partial charge on any atom is -0.469 e. The highest BCUT2D eigenvalue weighted by Gasteiger charge is 2.13. The number of ether oxygens (including phenoxy) is 1. The second kappa shape index (κ2) is 9.19. The van der Waals surface area contributed by atoms with Crippen LogP contribution < -0.4 is 0 Å². The molecule has 0 radical (unpaired) electrons. The van der Waals surface area contributed by atoms with Crippen LogP contribution in [0.15, 0.2) is 0 Å². The fourth-order valence-corrected chi connectivity index (χ4v) is 1.41. The van der Waals surface area contributed by atoms with Gasteiger partial charge >= 0.3 is 5.97 Å². The molecule has 0 aliphatic carbocycles. The number of unbranched alkanes of at least 4 members (excludes halogenated alkanes) is 1. The fourth-order valence-electron chi connectivity index (χ4n) is 1.41. The lowest BCUT2D eigenvalue weighted by molar-refractivity contribution is -0.141. The Bertz CT molecular complexity index is 216. The number of rotatable bonds is 8. The third-order valence-corrected chi connectivity index (χ3v) is 2.41. The van der Waals surface area contributed by atoms with Gasteiger partial charge in [-0.1, -0.05) is 20.3 Å². The van der Waals surface area contributed by atoms with Gasteiger partial charge in [0.2, 0.25) is 5.91 Å². The smallest absolute Gasteiger partial charge is 0.307 e. The summed E-state index contributed by atoms with van der Waals surface area (Å²) in [4.78, 5) is 24.5. The van der Waals surface area contributed by atoms with E-state index in [4.69, 9.17) is 0 Å². The molecule has 0 aromatic heterocycles. The van der Waals surface area contributed by atoms with Gasteiger partial charge in [0.1, 0.15) is 0 Å². The van der Waals surface area contributed by atoms with E-state index < -0.39 is 0 Å². The number of hydrogen-bond donors (Lipinski definition) is 0. The summed E-state index contributed by atoms with van der Waals surface area (Å²) in [7, 11) is 1.37. The largest absolute Gasteiger partial charge is 0.469 e. The molecule has 4 heteroatoms. The zero-order valence-corrected chi connectivity index (χ0v) is 10.6. The second-order valence-electron chi connectivity index (χ2n) is 3.81. The molecule has 0 aliphatic heterocycles. The second-order valence-corrected chi connectivity index (χ2v) is 3.81. The molecule has 0 aromatic rings. The van der Waals surface area contributed by atoms with Gasteiger partial charge in [-0.05, 0) is 12.8 Å². The van der Waals surface area contributed by atoms with E-state index in [0.29, 0.717) is 13.0 Å². The van der Waals surface area contributed by atoms with E-state index in [0.717, 1.165) is 25.8 Å². The topological polar surface area (TPSA) is 46.6 Å². The average molecular weight is 229 g/mol. The number of amides is 1. The molecule has 0 heterocycles. The molecule has 4 nitrogen and oxygen atoms in total. The highest BCUT2D eigenvalue weighted by atomic mass is 16.5. The van der Waals surface area contributed by atoms with E-state index in [2.05, 4.69) is 11.7 Å². The molecule has 0 aliphatic rings. The molecule has 0 unspecified atom stereocenters. The summed E-state index contributed by atoms with van der Waals surface area (Å²) >= 11 is 0. The lowest BCUT2D eigenvalue weighted by Crippen LogP contribution is -2.33. The Morgan fingerprint density at radius 1 is 1.06 bits per heavy atom. The highest BCUT2D eigenvalue weighted by molar-refractivity contribution is 5.77. The molecule has 0 saturated carbocycles. The molecular formula is C12H23NO3. The maximum absolute atomic E-state index is 11.7. The SMILES string of the molecule is CCCCN(CCC(=O)OC)C(=O)CCC. The van der Waals surface area contributed by atoms with Crippen molar-refractivity contribution in [2.24, 2.45) is 0 Å². The summed E-state index contributed by atoms with van der Waals surface area (Å²) in [5.41, 5.74) is 0. The van der Waals surface area contributed by atoms with Crippen molar-refractivity contribution in [3.8, 4) is 0 Å². The predicted octanol–water partition coefficient (Wildman–Crippen LogP) is 1.98. The van der Waals surface area contributed by atoms with Gasteiger partial charge < -0.3 is 9.64 Å². The minimum atomic E-state index is -0.259. The molecule has 0 spiro atoms. The maximum atomic E-state index is 11.7. The van der Waals surface area contributed by atoms with Crippen LogP contribution >= 0.6 is 0 Å². The van der Waals surface area contributed by atoms with Gasteiger partial charge in [0.25, 0.3) is 0 Å². The average Bonchev–Trinajstić information content (AvgIpc) is 2.29. The number of hydrogen-bond acceptors (Lipinski definition) is 3. The third-order valence-electron chi connectivity index (χ3n) is 2.41. The van der Waals surface area contributed by atoms with Crippen molar-refractivity contribution >= 4 is 11.9 Å². The fraction of sp³-hybridized carbons (Fsp3) is 0.833. The van der Waals surface area contributed by atoms with E-state index in [1.54, 1.807) is 4.90 Å². The Kier molecular flexibility index (Phi) is 8.58. The number of esters is 1. The van der Waals surface area contributed by atoms with Crippen molar-refractivity contribution in [2.75, 3.05) is 20.2 Å². The zero-order valence-electron chi connectivity index (χ0n) is 10.6. The van der Waals surface area contributed by atoms with Crippen LogP contribution in [0, 0.1) is 0 Å². The Hall–Kier alpha value is -1.06. The van der Waals surface area contributed by atoms with Gasteiger partial charge in [-0.3, -0.25) is 9.59 Å². The van der Waals surface area contributed by atoms with Gasteiger partial charge in [-0.15, -0.1) is 0 Å². The van der Waals surface area contributed by atoms with Crippen molar-refractivity contribution in [3.63, 3.8) is 0 Å². The first kappa shape index (κ1) is 14.9. The Balaban J connectivity index is 4.08. The summed E-state index contributed by atoms with van der Waals surface area (Å²) in [6, 6.07) is 0. The molecule has 94 valence electrons. The van der Waals surface area contributed by atoms with Gasteiger partial charge in [-0.25, -0.2) is 0 Å². The first-order chi connectivity index (χ1) is 7.65. The third kappa shape index (κ3) is 6.43. The summed E-state index contributed by atoms with van der Waals surface area (Å²) in [6.07, 6.45) is 3.73. The van der Waals surface area contributed by atoms with E-state index in [9.17, 15) is 9.59 Å². The molecule has 0 saturated heterocycles. The highest BCUT2D eigenvalue weighted by Crippen LogP contribution is 2.02. The predicted molar refractivity (Wildman–Crippen MR) is 63.0 cm³/mol. The molecule has 0 bridgehead atoms. The van der Waals surface area contributed by atoms with Crippen LogP contribution in [0.3, 0.4) is 0 Å². The van der Waals surface area contributed by atoms with Crippen molar-refractivity contribution in [3.05, 3.63) is 0 Å². The summed E-state index contributed by atoms with van der Waals surface area (Å²) in [6.45, 7) is 5.29. The number of carbonyl (C=O) groups is 2. The first-order valence-corrected chi connectivity index (χ1v) is 6.00. The van der Waals surface area contributed by atoms with Gasteiger partial charge in [0.05, 0.1) is 13.5 Å². The van der Waals surface area contributed by atoms with Crippen molar-refractivity contribution in [1.82, 2.24) is 4.90 Å². The number of methoxy groups -OCH3 is 1. The van der Waals surface area contributed by atoms with Crippen LogP contribution in [-0.4, -0.2) is 37.0 Å². The van der Waals surface area contributed by atoms with Crippen molar-refractivity contribution < 1.29 is 14.3 Å². The van der Waals surface area contributed by atoms with E-state index in [1.165, 1.54) is 7.11 Å². The molecule has 0 atom stereocenters. The number of nitrogens with zero attached hydrogens (tertiary/aromatic N) is 1. The lowest BCUT2D eigenvalue weighted by Gasteiger charge is -2.21. The summed E-state index contributed by atoms with van der Waals surface area (Å²) in [5, 5.41) is 0. The van der Waals surface area contributed by atoms with Crippen LogP contribution in [0.2, 0.25) is 0 Å². The van der Waals surface area contributed by atoms with Crippen molar-refractivity contribution in [1.29, 1.82) is 0 Å². The minimum absolute atomic E-state index is 0.139. The summed E-state index contributed by atoms with van der Waals surface area (Å²) < 4.78 is 4.57. The van der Waals surface area contributed by atoms with Crippen LogP contribution in [-0.2, 0) is 14.3 Å². The molecule has 0 aromatic carbocycles. The van der Waals surface area contributed by atoms with Gasteiger partial charge in [-0.2, -0.15) is 0 Å². The molecular weight excluding hydrogens is 206 g/mol. The van der Waals surface area contributed by atoms with Gasteiger partial charge in [0, 0.05) is 19.5 Å². The standard InChI is InChI=1S/C12H23NO3/c1-4-6-9-13(11(14)7-5-2)10-8-12(15)16-3/h4-10H2,1-3H3. The lowest BCUT2D eigenvalue weighted by atomic mass is 10.2. The Morgan fingerprint density at radius 3 is 2.25 bits per heavy atom. The van der Waals surface area contributed by atoms with Crippen LogP contribution in [0.5, 0.6) is 0 Å². The zero-order chi connectivity index (χ0) is 12.4. The molecule has 1 amide bonds. The Labute approximate surface area is 98.0 Å². The summed E-state index contributed by atoms with van der Waals surface area (Å²) in [5.74, 6) is -0.120. The maximum Gasteiger partial charge on any atom is 0.307 e. The van der Waals surface area contributed by atoms with E-state index >= 15 is 0 Å². The van der Waals surface area contributed by atoms with Crippen LogP contribution in [0.25, 0.3) is 0 Å². The quantitative estimate of drug-likeness (QED) is 0.598. The molecule has 0 N–H and O–H groups in total. The van der Waals surface area contributed by atoms with Gasteiger partial charge in [0.15, 0.2) is 0 Å². The molecule has 0 fully saturated rings. The molecule has 0 rings (SSSR count). The van der Waals surface area contributed by atoms with Crippen LogP contribution in [0.1, 0.15) is 46.0 Å². The Morgan fingerprint density at radius 2 is 1.75 bits per heavy atom. The van der Waals surface area contributed by atoms with Crippen LogP contribution in [0.4, 0.5) is 0 Å². The number of carbonyl (C=O) groups excluding carboxylic acids is 2. The van der Waals surface area contributed by atoms with Crippen molar-refractivity contribution in [2.45, 2.75) is 46.0 Å². The van der Waals surface area contributed by atoms with E-state index in [1.807, 2.05) is 6.92 Å². The molecule has 16 heavy (non-hydrogen) atoms.